The number of nitrogens with one attached hydrogen (secondary N) is 1. The molecule has 4 aromatic rings. The monoisotopic (exact) mass is 572 g/mol. The minimum Gasteiger partial charge on any atom is -0.325 e. The fourth-order valence-electron chi connectivity index (χ4n) is 7.19. The zero-order valence-electron chi connectivity index (χ0n) is 24.4. The Bertz CT molecular complexity index is 1600. The largest absolute Gasteiger partial charge is 0.325 e. The molecular weight excluding hydrogens is 534 g/mol. The molecule has 0 atom stereocenters. The molecule has 1 saturated heterocycles. The van der Waals surface area contributed by atoms with Gasteiger partial charge in [-0.3, -0.25) is 4.90 Å². The molecule has 0 amide bonds. The lowest BCUT2D eigenvalue weighted by atomic mass is 9.98. The summed E-state index contributed by atoms with van der Waals surface area (Å²) in [6, 6.07) is 8.10. The molecule has 0 bridgehead atoms. The van der Waals surface area contributed by atoms with Crippen molar-refractivity contribution >= 4 is 22.8 Å². The Labute approximate surface area is 245 Å². The van der Waals surface area contributed by atoms with Gasteiger partial charge in [-0.1, -0.05) is 25.8 Å². The van der Waals surface area contributed by atoms with Crippen LogP contribution in [0, 0.1) is 18.6 Å². The van der Waals surface area contributed by atoms with Crippen molar-refractivity contribution in [2.75, 3.05) is 31.5 Å². The molecule has 2 aliphatic heterocycles. The molecule has 5 heterocycles. The molecular formula is C32H38F2N8. The summed E-state index contributed by atoms with van der Waals surface area (Å²) in [7, 11) is 0. The summed E-state index contributed by atoms with van der Waals surface area (Å²) in [5, 5.41) is 3.16. The molecule has 1 N–H and O–H groups in total. The number of aryl methyl sites for hydroxylation is 1. The number of aromatic nitrogens is 5. The Morgan fingerprint density at radius 2 is 1.74 bits per heavy atom. The molecule has 3 aliphatic rings. The summed E-state index contributed by atoms with van der Waals surface area (Å²) in [6.07, 6.45) is 8.84. The van der Waals surface area contributed by atoms with Crippen molar-refractivity contribution in [3.63, 3.8) is 0 Å². The molecule has 8 nitrogen and oxygen atoms in total. The maximum absolute atomic E-state index is 15.3. The van der Waals surface area contributed by atoms with Gasteiger partial charge in [0.15, 0.2) is 11.6 Å². The maximum atomic E-state index is 15.3. The van der Waals surface area contributed by atoms with Gasteiger partial charge in [-0.15, -0.1) is 0 Å². The molecule has 10 heteroatoms. The molecule has 220 valence electrons. The van der Waals surface area contributed by atoms with Gasteiger partial charge in [0.05, 0.1) is 11.7 Å². The predicted octanol–water partition coefficient (Wildman–Crippen LogP) is 6.18. The summed E-state index contributed by atoms with van der Waals surface area (Å²) in [5.74, 6) is 0.539. The van der Waals surface area contributed by atoms with Crippen LogP contribution in [0.5, 0.6) is 0 Å². The van der Waals surface area contributed by atoms with Gasteiger partial charge in [0.2, 0.25) is 5.95 Å². The summed E-state index contributed by atoms with van der Waals surface area (Å²) in [5.41, 5.74) is 3.75. The van der Waals surface area contributed by atoms with Crippen molar-refractivity contribution < 1.29 is 8.78 Å². The minimum atomic E-state index is -0.605. The molecule has 42 heavy (non-hydrogen) atoms. The van der Waals surface area contributed by atoms with Crippen LogP contribution in [0.3, 0.4) is 0 Å². The zero-order valence-corrected chi connectivity index (χ0v) is 24.4. The highest BCUT2D eigenvalue weighted by Gasteiger charge is 2.28. The van der Waals surface area contributed by atoms with Crippen LogP contribution in [0.2, 0.25) is 0 Å². The normalized spacial score (nSPS) is 19.0. The highest BCUT2D eigenvalue weighted by Crippen LogP contribution is 2.36. The first-order chi connectivity index (χ1) is 20.5. The van der Waals surface area contributed by atoms with Gasteiger partial charge in [-0.2, -0.15) is 0 Å². The average molecular weight is 573 g/mol. The van der Waals surface area contributed by atoms with E-state index in [-0.39, 0.29) is 17.7 Å². The first-order valence-corrected chi connectivity index (χ1v) is 15.4. The Balaban J connectivity index is 1.11. The highest BCUT2D eigenvalue weighted by molar-refractivity contribution is 5.83. The van der Waals surface area contributed by atoms with Gasteiger partial charge < -0.3 is 14.8 Å². The van der Waals surface area contributed by atoms with Crippen LogP contribution in [0.15, 0.2) is 30.5 Å². The van der Waals surface area contributed by atoms with Crippen LogP contribution in [0.4, 0.5) is 20.5 Å². The zero-order chi connectivity index (χ0) is 28.8. The maximum Gasteiger partial charge on any atom is 0.229 e. The van der Waals surface area contributed by atoms with Crippen LogP contribution >= 0.6 is 0 Å². The number of hydrogen-bond acceptors (Lipinski definition) is 7. The Kier molecular flexibility index (Phi) is 7.35. The van der Waals surface area contributed by atoms with Crippen molar-refractivity contribution in [1.29, 1.82) is 0 Å². The average Bonchev–Trinajstić information content (AvgIpc) is 3.65. The number of piperidine rings is 1. The van der Waals surface area contributed by atoms with Crippen molar-refractivity contribution in [1.82, 2.24) is 34.3 Å². The Morgan fingerprint density at radius 1 is 0.929 bits per heavy atom. The molecule has 3 aromatic heterocycles. The second-order valence-electron chi connectivity index (χ2n) is 12.0. The molecule has 0 spiro atoms. The first-order valence-electron chi connectivity index (χ1n) is 15.4. The van der Waals surface area contributed by atoms with Crippen LogP contribution < -0.4 is 5.32 Å². The lowest BCUT2D eigenvalue weighted by molar-refractivity contribution is 0.100. The molecule has 2 fully saturated rings. The number of benzene rings is 1. The fraction of sp³-hybridized carbons (Fsp3) is 0.500. The third kappa shape index (κ3) is 5.15. The summed E-state index contributed by atoms with van der Waals surface area (Å²) >= 11 is 0. The van der Waals surface area contributed by atoms with Gasteiger partial charge in [-0.05, 0) is 76.0 Å². The van der Waals surface area contributed by atoms with E-state index in [1.807, 2.05) is 13.0 Å². The van der Waals surface area contributed by atoms with Crippen molar-refractivity contribution in [2.45, 2.75) is 77.4 Å². The van der Waals surface area contributed by atoms with E-state index in [0.717, 1.165) is 69.5 Å². The molecule has 1 aromatic carbocycles. The van der Waals surface area contributed by atoms with Crippen molar-refractivity contribution in [3.8, 4) is 11.3 Å². The van der Waals surface area contributed by atoms with E-state index >= 15 is 8.78 Å². The second kappa shape index (κ2) is 11.3. The van der Waals surface area contributed by atoms with Crippen LogP contribution in [-0.4, -0.2) is 66.5 Å². The molecule has 0 unspecified atom stereocenters. The lowest BCUT2D eigenvalue weighted by Gasteiger charge is -2.40. The number of rotatable bonds is 6. The number of nitrogens with zero attached hydrogens (tertiary/aromatic N) is 7. The number of fused-ring (bicyclic) bond motifs is 2. The van der Waals surface area contributed by atoms with Gasteiger partial charge >= 0.3 is 0 Å². The third-order valence-electron chi connectivity index (χ3n) is 9.47. The van der Waals surface area contributed by atoms with Gasteiger partial charge in [0.25, 0.3) is 0 Å². The minimum absolute atomic E-state index is 0.0489. The molecule has 1 saturated carbocycles. The van der Waals surface area contributed by atoms with Crippen LogP contribution in [0.1, 0.15) is 68.6 Å². The highest BCUT2D eigenvalue weighted by atomic mass is 19.1. The fourth-order valence-corrected chi connectivity index (χ4v) is 7.19. The Hall–Kier alpha value is -3.50. The van der Waals surface area contributed by atoms with E-state index in [2.05, 4.69) is 47.6 Å². The molecule has 0 radical (unpaired) electrons. The smallest absolute Gasteiger partial charge is 0.229 e. The van der Waals surface area contributed by atoms with E-state index in [4.69, 9.17) is 4.98 Å². The second-order valence-corrected chi connectivity index (χ2v) is 12.0. The van der Waals surface area contributed by atoms with Gasteiger partial charge in [0, 0.05) is 42.9 Å². The summed E-state index contributed by atoms with van der Waals surface area (Å²) in [6.45, 7) is 9.55. The van der Waals surface area contributed by atoms with E-state index in [1.54, 1.807) is 6.07 Å². The number of pyridine rings is 1. The van der Waals surface area contributed by atoms with Crippen molar-refractivity contribution in [2.24, 2.45) is 0 Å². The van der Waals surface area contributed by atoms with Crippen molar-refractivity contribution in [3.05, 3.63) is 59.2 Å². The molecule has 7 rings (SSSR count). The predicted molar refractivity (Wildman–Crippen MR) is 160 cm³/mol. The number of halogens is 2. The number of hydrogen-bond donors (Lipinski definition) is 1. The quantitative estimate of drug-likeness (QED) is 0.296. The third-order valence-corrected chi connectivity index (χ3v) is 9.47. The van der Waals surface area contributed by atoms with Crippen LogP contribution in [-0.2, 0) is 13.0 Å². The van der Waals surface area contributed by atoms with E-state index < -0.39 is 11.6 Å². The first kappa shape index (κ1) is 27.3. The van der Waals surface area contributed by atoms with Gasteiger partial charge in [-0.25, -0.2) is 28.7 Å². The summed E-state index contributed by atoms with van der Waals surface area (Å²) in [4.78, 5) is 23.1. The lowest BCUT2D eigenvalue weighted by Crippen LogP contribution is -2.46. The van der Waals surface area contributed by atoms with E-state index in [9.17, 15) is 0 Å². The van der Waals surface area contributed by atoms with Gasteiger partial charge in [0.1, 0.15) is 22.9 Å². The standard InChI is InChI=1S/C32H38F2N8/c1-3-40-13-10-23(11-14-40)41-15-12-27-21(19-41)8-9-29(37-27)38-32-35-18-26(34)30(39-32)22-16-25(33)31-28(17-22)42(20(2)36-31)24-6-4-5-7-24/h8-9,16-18,23-24H,3-7,10-15,19H2,1-2H3,(H,35,37,38,39). The van der Waals surface area contributed by atoms with E-state index in [0.29, 0.717) is 28.5 Å². The van der Waals surface area contributed by atoms with E-state index in [1.165, 1.54) is 37.6 Å². The number of likely N-dealkylation sites (tertiary alicyclic amines) is 1. The molecule has 1 aliphatic carbocycles. The summed E-state index contributed by atoms with van der Waals surface area (Å²) < 4.78 is 32.4. The topological polar surface area (TPSA) is 75.0 Å². The Morgan fingerprint density at radius 3 is 2.52 bits per heavy atom. The number of imidazole rings is 1. The SMILES string of the molecule is CCN1CCC(N2CCc3nc(Nc4ncc(F)c(-c5cc(F)c6nc(C)n(C7CCCC7)c6c5)n4)ccc3C2)CC1. The van der Waals surface area contributed by atoms with Crippen LogP contribution in [0.25, 0.3) is 22.3 Å². The number of anilines is 2.